The Labute approximate surface area is 67.0 Å². The highest BCUT2D eigenvalue weighted by molar-refractivity contribution is 6.32. The number of nitrogens with zero attached hydrogens (tertiary/aromatic N) is 1. The lowest BCUT2D eigenvalue weighted by molar-refractivity contribution is 0.453. The summed E-state index contributed by atoms with van der Waals surface area (Å²) in [7, 11) is 0. The second-order valence-corrected chi connectivity index (χ2v) is 2.26. The van der Waals surface area contributed by atoms with Gasteiger partial charge in [0.1, 0.15) is 5.75 Å². The molecule has 0 aliphatic carbocycles. The van der Waals surface area contributed by atoms with Gasteiger partial charge in [0, 0.05) is 0 Å². The Morgan fingerprint density at radius 2 is 2.00 bits per heavy atom. The third-order valence-electron chi connectivity index (χ3n) is 1.17. The molecule has 0 atom stereocenters. The van der Waals surface area contributed by atoms with Gasteiger partial charge in [-0.05, 0) is 17.3 Å². The van der Waals surface area contributed by atoms with Crippen molar-refractivity contribution in [2.45, 2.75) is 0 Å². The molecule has 0 heterocycles. The molecule has 0 unspecified atom stereocenters. The van der Waals surface area contributed by atoms with E-state index in [2.05, 4.69) is 5.18 Å². The second kappa shape index (κ2) is 2.75. The maximum absolute atomic E-state index is 9.97. The zero-order chi connectivity index (χ0) is 8.43. The monoisotopic (exact) mass is 173 g/mol. The number of phenolic OH excluding ortho intramolecular Hbond substituents is 2. The van der Waals surface area contributed by atoms with Crippen LogP contribution in [0.25, 0.3) is 0 Å². The first kappa shape index (κ1) is 7.81. The van der Waals surface area contributed by atoms with Gasteiger partial charge in [0.15, 0.2) is 11.4 Å². The minimum Gasteiger partial charge on any atom is -0.505 e. The second-order valence-electron chi connectivity index (χ2n) is 1.86. The zero-order valence-corrected chi connectivity index (χ0v) is 6.04. The molecule has 2 N–H and O–H groups in total. The molecule has 0 aromatic heterocycles. The van der Waals surface area contributed by atoms with Crippen molar-refractivity contribution < 1.29 is 10.2 Å². The molecule has 58 valence electrons. The summed E-state index contributed by atoms with van der Waals surface area (Å²) in [5, 5.41) is 20.3. The predicted molar refractivity (Wildman–Crippen MR) is 40.2 cm³/mol. The van der Waals surface area contributed by atoms with Gasteiger partial charge in [0.05, 0.1) is 5.02 Å². The Bertz CT molecular complexity index is 300. The van der Waals surface area contributed by atoms with E-state index in [1.807, 2.05) is 0 Å². The van der Waals surface area contributed by atoms with Crippen LogP contribution in [-0.2, 0) is 0 Å². The van der Waals surface area contributed by atoms with Crippen molar-refractivity contribution in [2.75, 3.05) is 0 Å². The molecule has 0 fully saturated rings. The van der Waals surface area contributed by atoms with Crippen molar-refractivity contribution in [1.29, 1.82) is 0 Å². The first-order valence-corrected chi connectivity index (χ1v) is 3.08. The number of rotatable bonds is 1. The molecule has 11 heavy (non-hydrogen) atoms. The molecular formula is C6H4ClNO3. The molecule has 0 aliphatic rings. The summed E-state index contributed by atoms with van der Waals surface area (Å²) < 4.78 is 0. The number of halogens is 1. The van der Waals surface area contributed by atoms with E-state index in [4.69, 9.17) is 21.8 Å². The molecule has 0 bridgehead atoms. The smallest absolute Gasteiger partial charge is 0.192 e. The SMILES string of the molecule is O=Nc1c(O)ccc(Cl)c1O. The number of benzene rings is 1. The van der Waals surface area contributed by atoms with Gasteiger partial charge in [0.25, 0.3) is 0 Å². The third kappa shape index (κ3) is 1.25. The summed E-state index contributed by atoms with van der Waals surface area (Å²) in [5.41, 5.74) is -0.433. The summed E-state index contributed by atoms with van der Waals surface area (Å²) in [5.74, 6) is -0.886. The molecule has 0 amide bonds. The van der Waals surface area contributed by atoms with Gasteiger partial charge < -0.3 is 10.2 Å². The van der Waals surface area contributed by atoms with Gasteiger partial charge >= 0.3 is 0 Å². The van der Waals surface area contributed by atoms with Crippen LogP contribution >= 0.6 is 11.6 Å². The van der Waals surface area contributed by atoms with Crippen molar-refractivity contribution in [3.8, 4) is 11.5 Å². The summed E-state index contributed by atoms with van der Waals surface area (Å²) >= 11 is 5.40. The maximum atomic E-state index is 9.97. The molecule has 5 heteroatoms. The lowest BCUT2D eigenvalue weighted by Gasteiger charge is -1.99. The van der Waals surface area contributed by atoms with Crippen molar-refractivity contribution in [1.82, 2.24) is 0 Å². The van der Waals surface area contributed by atoms with Gasteiger partial charge in [0.2, 0.25) is 0 Å². The van der Waals surface area contributed by atoms with Crippen molar-refractivity contribution in [2.24, 2.45) is 5.18 Å². The van der Waals surface area contributed by atoms with Gasteiger partial charge in [-0.1, -0.05) is 11.6 Å². The van der Waals surface area contributed by atoms with Crippen molar-refractivity contribution in [3.63, 3.8) is 0 Å². The van der Waals surface area contributed by atoms with E-state index >= 15 is 0 Å². The normalized spacial score (nSPS) is 9.55. The van der Waals surface area contributed by atoms with E-state index in [1.54, 1.807) is 0 Å². The van der Waals surface area contributed by atoms with E-state index in [0.717, 1.165) is 0 Å². The Kier molecular flexibility index (Phi) is 1.96. The van der Waals surface area contributed by atoms with Crippen molar-refractivity contribution >= 4 is 17.3 Å². The Morgan fingerprint density at radius 1 is 1.36 bits per heavy atom. The van der Waals surface area contributed by atoms with Crippen LogP contribution in [0.3, 0.4) is 0 Å². The number of hydrogen-bond donors (Lipinski definition) is 2. The van der Waals surface area contributed by atoms with E-state index < -0.39 is 11.4 Å². The molecule has 0 radical (unpaired) electrons. The molecule has 1 aromatic rings. The predicted octanol–water partition coefficient (Wildman–Crippen LogP) is 2.15. The number of nitroso groups, excluding NO2 is 1. The highest BCUT2D eigenvalue weighted by Gasteiger charge is 2.10. The fourth-order valence-electron chi connectivity index (χ4n) is 0.634. The summed E-state index contributed by atoms with van der Waals surface area (Å²) in [6.07, 6.45) is 0. The Balaban J connectivity index is 3.40. The van der Waals surface area contributed by atoms with Crippen molar-refractivity contribution in [3.05, 3.63) is 22.1 Å². The van der Waals surface area contributed by atoms with Crippen LogP contribution in [0.15, 0.2) is 17.3 Å². The summed E-state index contributed by atoms with van der Waals surface area (Å²) in [6, 6.07) is 2.44. The quantitative estimate of drug-likeness (QED) is 0.640. The highest BCUT2D eigenvalue weighted by Crippen LogP contribution is 2.40. The fourth-order valence-corrected chi connectivity index (χ4v) is 0.787. The molecule has 1 rings (SSSR count). The van der Waals surface area contributed by atoms with Gasteiger partial charge in [-0.15, -0.1) is 4.91 Å². The molecule has 0 spiro atoms. The first-order chi connectivity index (χ1) is 5.16. The summed E-state index contributed by atoms with van der Waals surface area (Å²) in [4.78, 5) is 9.97. The van der Waals surface area contributed by atoms with Crippen LogP contribution < -0.4 is 0 Å². The molecule has 4 nitrogen and oxygen atoms in total. The lowest BCUT2D eigenvalue weighted by atomic mass is 10.3. The van der Waals surface area contributed by atoms with E-state index in [0.29, 0.717) is 0 Å². The number of aromatic hydroxyl groups is 2. The molecule has 0 saturated carbocycles. The number of hydrogen-bond acceptors (Lipinski definition) is 4. The average Bonchev–Trinajstić information content (AvgIpc) is 1.99. The van der Waals surface area contributed by atoms with Gasteiger partial charge in [-0.2, -0.15) is 0 Å². The third-order valence-corrected chi connectivity index (χ3v) is 1.48. The van der Waals surface area contributed by atoms with Crippen LogP contribution in [-0.4, -0.2) is 10.2 Å². The van der Waals surface area contributed by atoms with Crippen LogP contribution in [0.4, 0.5) is 5.69 Å². The molecule has 1 aromatic carbocycles. The standard InChI is InChI=1S/C6H4ClNO3/c7-3-1-2-4(9)5(8-11)6(3)10/h1-2,9-10H. The fraction of sp³-hybridized carbons (Fsp3) is 0. The number of phenols is 2. The van der Waals surface area contributed by atoms with Crippen LogP contribution in [0, 0.1) is 4.91 Å². The van der Waals surface area contributed by atoms with Crippen LogP contribution in [0.1, 0.15) is 0 Å². The molecular weight excluding hydrogens is 170 g/mol. The van der Waals surface area contributed by atoms with E-state index in [-0.39, 0.29) is 10.8 Å². The highest BCUT2D eigenvalue weighted by atomic mass is 35.5. The summed E-state index contributed by atoms with van der Waals surface area (Å²) in [6.45, 7) is 0. The average molecular weight is 174 g/mol. The molecule has 0 aliphatic heterocycles. The van der Waals surface area contributed by atoms with Gasteiger partial charge in [-0.25, -0.2) is 0 Å². The lowest BCUT2D eigenvalue weighted by Crippen LogP contribution is -1.71. The minimum atomic E-state index is -0.498. The van der Waals surface area contributed by atoms with Crippen LogP contribution in [0.5, 0.6) is 11.5 Å². The largest absolute Gasteiger partial charge is 0.505 e. The first-order valence-electron chi connectivity index (χ1n) is 2.70. The van der Waals surface area contributed by atoms with Crippen LogP contribution in [0.2, 0.25) is 5.02 Å². The zero-order valence-electron chi connectivity index (χ0n) is 5.28. The topological polar surface area (TPSA) is 69.9 Å². The minimum absolute atomic E-state index is 0.0163. The van der Waals surface area contributed by atoms with Gasteiger partial charge in [-0.3, -0.25) is 0 Å². The van der Waals surface area contributed by atoms with E-state index in [9.17, 15) is 4.91 Å². The van der Waals surface area contributed by atoms with E-state index in [1.165, 1.54) is 12.1 Å². The maximum Gasteiger partial charge on any atom is 0.192 e. The Hall–Kier alpha value is -1.29. The Morgan fingerprint density at radius 3 is 2.45 bits per heavy atom. The molecule has 0 saturated heterocycles.